The summed E-state index contributed by atoms with van der Waals surface area (Å²) in [6.07, 6.45) is 1.61. The zero-order valence-electron chi connectivity index (χ0n) is 10.4. The Labute approximate surface area is 109 Å². The number of amides is 1. The van der Waals surface area contributed by atoms with Crippen molar-refractivity contribution in [3.8, 4) is 11.4 Å². The van der Waals surface area contributed by atoms with Crippen LogP contribution in [-0.2, 0) is 16.6 Å². The van der Waals surface area contributed by atoms with Crippen LogP contribution in [0.2, 0.25) is 0 Å². The summed E-state index contributed by atoms with van der Waals surface area (Å²) in [4.78, 5) is 24.5. The third-order valence-corrected chi connectivity index (χ3v) is 3.11. The Kier molecular flexibility index (Phi) is 2.63. The topological polar surface area (TPSA) is 68.1 Å². The maximum absolute atomic E-state index is 11.7. The largest absolute Gasteiger partial charge is 0.317 e. The first kappa shape index (κ1) is 11.6. The standard InChI is InChI=1S/C13H12N4O2/c1-16-8-14-15-13(16)9-3-2-4-10(5-9)17-7-11(18)6-12(17)19/h2-5,8H,6-7H2,1H3. The monoisotopic (exact) mass is 256 g/mol. The number of anilines is 1. The Hall–Kier alpha value is -2.50. The van der Waals surface area contributed by atoms with Crippen LogP contribution in [-0.4, -0.2) is 33.0 Å². The molecular formula is C13H12N4O2. The van der Waals surface area contributed by atoms with Gasteiger partial charge in [0.2, 0.25) is 5.91 Å². The molecule has 1 fully saturated rings. The lowest BCUT2D eigenvalue weighted by atomic mass is 10.2. The molecule has 0 aliphatic carbocycles. The Balaban J connectivity index is 1.99. The van der Waals surface area contributed by atoms with Crippen LogP contribution >= 0.6 is 0 Å². The molecule has 0 atom stereocenters. The van der Waals surface area contributed by atoms with E-state index in [0.717, 1.165) is 17.1 Å². The highest BCUT2D eigenvalue weighted by atomic mass is 16.2. The highest BCUT2D eigenvalue weighted by molar-refractivity contribution is 6.15. The number of hydrogen-bond acceptors (Lipinski definition) is 4. The van der Waals surface area contributed by atoms with Crippen molar-refractivity contribution < 1.29 is 9.59 Å². The van der Waals surface area contributed by atoms with Crippen LogP contribution in [0.4, 0.5) is 5.69 Å². The van der Waals surface area contributed by atoms with Crippen molar-refractivity contribution in [3.63, 3.8) is 0 Å². The van der Waals surface area contributed by atoms with Crippen LogP contribution < -0.4 is 4.90 Å². The summed E-state index contributed by atoms with van der Waals surface area (Å²) in [5.74, 6) is 0.522. The number of hydrogen-bond donors (Lipinski definition) is 0. The predicted octanol–water partition coefficient (Wildman–Crippen LogP) is 0.788. The number of carbonyl (C=O) groups excluding carboxylic acids is 2. The normalized spacial score (nSPS) is 15.3. The second-order valence-electron chi connectivity index (χ2n) is 4.51. The third-order valence-electron chi connectivity index (χ3n) is 3.11. The molecule has 0 radical (unpaired) electrons. The number of aryl methyl sites for hydroxylation is 1. The Morgan fingerprint density at radius 2 is 2.11 bits per heavy atom. The van der Waals surface area contributed by atoms with E-state index in [9.17, 15) is 9.59 Å². The number of ketones is 1. The number of rotatable bonds is 2. The van der Waals surface area contributed by atoms with Gasteiger partial charge < -0.3 is 9.47 Å². The van der Waals surface area contributed by atoms with E-state index in [1.807, 2.05) is 31.3 Å². The molecule has 1 saturated heterocycles. The van der Waals surface area contributed by atoms with Crippen LogP contribution in [0.3, 0.4) is 0 Å². The molecule has 0 N–H and O–H groups in total. The van der Waals surface area contributed by atoms with Crippen molar-refractivity contribution in [2.24, 2.45) is 7.05 Å². The molecule has 1 aromatic carbocycles. The van der Waals surface area contributed by atoms with Crippen molar-refractivity contribution in [2.75, 3.05) is 11.4 Å². The molecule has 96 valence electrons. The first-order valence-electron chi connectivity index (χ1n) is 5.91. The van der Waals surface area contributed by atoms with E-state index >= 15 is 0 Å². The van der Waals surface area contributed by atoms with Gasteiger partial charge in [-0.25, -0.2) is 0 Å². The van der Waals surface area contributed by atoms with Crippen LogP contribution in [0.15, 0.2) is 30.6 Å². The van der Waals surface area contributed by atoms with Gasteiger partial charge in [0, 0.05) is 18.3 Å². The van der Waals surface area contributed by atoms with E-state index in [-0.39, 0.29) is 24.7 Å². The quantitative estimate of drug-likeness (QED) is 0.745. The van der Waals surface area contributed by atoms with Gasteiger partial charge in [-0.1, -0.05) is 12.1 Å². The third kappa shape index (κ3) is 2.01. The van der Waals surface area contributed by atoms with Crippen LogP contribution in [0.5, 0.6) is 0 Å². The van der Waals surface area contributed by atoms with Gasteiger partial charge in [0.05, 0.1) is 13.0 Å². The van der Waals surface area contributed by atoms with Crippen LogP contribution in [0.1, 0.15) is 6.42 Å². The Morgan fingerprint density at radius 3 is 2.74 bits per heavy atom. The minimum absolute atomic E-state index is 0.00577. The van der Waals surface area contributed by atoms with Gasteiger partial charge in [0.1, 0.15) is 6.33 Å². The summed E-state index contributed by atoms with van der Waals surface area (Å²) < 4.78 is 1.80. The van der Waals surface area contributed by atoms with E-state index in [1.165, 1.54) is 4.90 Å². The summed E-state index contributed by atoms with van der Waals surface area (Å²) in [7, 11) is 1.85. The average molecular weight is 256 g/mol. The molecule has 2 heterocycles. The van der Waals surface area contributed by atoms with Gasteiger partial charge in [-0.15, -0.1) is 10.2 Å². The van der Waals surface area contributed by atoms with E-state index in [1.54, 1.807) is 10.9 Å². The van der Waals surface area contributed by atoms with Gasteiger partial charge in [-0.3, -0.25) is 9.59 Å². The molecule has 3 rings (SSSR count). The lowest BCUT2D eigenvalue weighted by molar-refractivity contribution is -0.121. The molecule has 0 saturated carbocycles. The second-order valence-corrected chi connectivity index (χ2v) is 4.51. The van der Waals surface area contributed by atoms with Crippen molar-refractivity contribution in [1.82, 2.24) is 14.8 Å². The summed E-state index contributed by atoms with van der Waals surface area (Å²) in [6.45, 7) is 0.154. The maximum Gasteiger partial charge on any atom is 0.234 e. The minimum Gasteiger partial charge on any atom is -0.317 e. The highest BCUT2D eigenvalue weighted by Gasteiger charge is 2.28. The lowest BCUT2D eigenvalue weighted by Crippen LogP contribution is -2.24. The van der Waals surface area contributed by atoms with Gasteiger partial charge in [-0.2, -0.15) is 0 Å². The van der Waals surface area contributed by atoms with Gasteiger partial charge in [0.15, 0.2) is 11.6 Å². The minimum atomic E-state index is -0.153. The number of benzene rings is 1. The molecular weight excluding hydrogens is 244 g/mol. The molecule has 2 aromatic rings. The molecule has 0 unspecified atom stereocenters. The molecule has 1 aliphatic rings. The molecule has 1 aromatic heterocycles. The first-order chi connectivity index (χ1) is 9.15. The fourth-order valence-corrected chi connectivity index (χ4v) is 2.18. The van der Waals surface area contributed by atoms with Crippen LogP contribution in [0, 0.1) is 0 Å². The van der Waals surface area contributed by atoms with Gasteiger partial charge >= 0.3 is 0 Å². The summed E-state index contributed by atoms with van der Waals surface area (Å²) in [5.41, 5.74) is 1.58. The SMILES string of the molecule is Cn1cnnc1-c1cccc(N2CC(=O)CC2=O)c1. The molecule has 1 aliphatic heterocycles. The summed E-state index contributed by atoms with van der Waals surface area (Å²) in [5, 5.41) is 7.86. The summed E-state index contributed by atoms with van der Waals surface area (Å²) >= 11 is 0. The van der Waals surface area contributed by atoms with Crippen molar-refractivity contribution in [1.29, 1.82) is 0 Å². The van der Waals surface area contributed by atoms with Gasteiger partial charge in [-0.05, 0) is 12.1 Å². The molecule has 0 spiro atoms. The summed E-state index contributed by atoms with van der Waals surface area (Å²) in [6, 6.07) is 7.40. The maximum atomic E-state index is 11.7. The lowest BCUT2D eigenvalue weighted by Gasteiger charge is -2.15. The molecule has 6 nitrogen and oxygen atoms in total. The average Bonchev–Trinajstić information content (AvgIpc) is 2.95. The fourth-order valence-electron chi connectivity index (χ4n) is 2.18. The van der Waals surface area contributed by atoms with E-state index < -0.39 is 0 Å². The van der Waals surface area contributed by atoms with E-state index in [4.69, 9.17) is 0 Å². The Bertz CT molecular complexity index is 662. The fraction of sp³-hybridized carbons (Fsp3) is 0.231. The zero-order valence-corrected chi connectivity index (χ0v) is 10.4. The smallest absolute Gasteiger partial charge is 0.234 e. The van der Waals surface area contributed by atoms with Gasteiger partial charge in [0.25, 0.3) is 0 Å². The van der Waals surface area contributed by atoms with Crippen LogP contribution in [0.25, 0.3) is 11.4 Å². The molecule has 6 heteroatoms. The van der Waals surface area contributed by atoms with E-state index in [2.05, 4.69) is 10.2 Å². The molecule has 1 amide bonds. The number of carbonyl (C=O) groups is 2. The number of aromatic nitrogens is 3. The number of nitrogens with zero attached hydrogens (tertiary/aromatic N) is 4. The van der Waals surface area contributed by atoms with Crippen molar-refractivity contribution in [2.45, 2.75) is 6.42 Å². The van der Waals surface area contributed by atoms with Crippen molar-refractivity contribution in [3.05, 3.63) is 30.6 Å². The predicted molar refractivity (Wildman–Crippen MR) is 68.4 cm³/mol. The van der Waals surface area contributed by atoms with Crippen molar-refractivity contribution >= 4 is 17.4 Å². The highest BCUT2D eigenvalue weighted by Crippen LogP contribution is 2.25. The molecule has 0 bridgehead atoms. The first-order valence-corrected chi connectivity index (χ1v) is 5.91. The number of Topliss-reactive ketones (excluding diaryl/α,β-unsaturated/α-hetero) is 1. The zero-order chi connectivity index (χ0) is 13.4. The van der Waals surface area contributed by atoms with E-state index in [0.29, 0.717) is 0 Å². The molecule has 19 heavy (non-hydrogen) atoms. The Morgan fingerprint density at radius 1 is 1.26 bits per heavy atom. The second kappa shape index (κ2) is 4.31.